The van der Waals surface area contributed by atoms with Gasteiger partial charge in [0.05, 0.1) is 17.6 Å². The number of aliphatic hydroxyl groups excluding tert-OH is 1. The van der Waals surface area contributed by atoms with Crippen LogP contribution in [0.3, 0.4) is 0 Å². The third-order valence-corrected chi connectivity index (χ3v) is 5.11. The Balaban J connectivity index is 1.60. The van der Waals surface area contributed by atoms with Crippen molar-refractivity contribution in [3.8, 4) is 5.75 Å². The summed E-state index contributed by atoms with van der Waals surface area (Å²) in [5.41, 5.74) is 7.09. The Morgan fingerprint density at radius 2 is 1.65 bits per heavy atom. The number of nitrogens with zero attached hydrogens (tertiary/aromatic N) is 2. The van der Waals surface area contributed by atoms with Gasteiger partial charge in [0, 0.05) is 6.54 Å². The number of aryl methyl sites for hydroxylation is 5. The zero-order chi connectivity index (χ0) is 18.7. The molecule has 0 aliphatic heterocycles. The van der Waals surface area contributed by atoms with Crippen molar-refractivity contribution < 1.29 is 9.84 Å². The zero-order valence-corrected chi connectivity index (χ0v) is 16.2. The first-order valence-electron chi connectivity index (χ1n) is 9.27. The van der Waals surface area contributed by atoms with Gasteiger partial charge in [-0.3, -0.25) is 0 Å². The van der Waals surface area contributed by atoms with Crippen LogP contribution in [0.25, 0.3) is 11.0 Å². The van der Waals surface area contributed by atoms with Crippen molar-refractivity contribution in [3.63, 3.8) is 0 Å². The maximum absolute atomic E-state index is 9.65. The molecule has 1 aromatic heterocycles. The molecule has 0 aliphatic rings. The van der Waals surface area contributed by atoms with Crippen LogP contribution in [0.15, 0.2) is 30.3 Å². The largest absolute Gasteiger partial charge is 0.494 e. The normalized spacial score (nSPS) is 11.3. The first-order valence-corrected chi connectivity index (χ1v) is 9.27. The van der Waals surface area contributed by atoms with Crippen LogP contribution in [-0.2, 0) is 13.2 Å². The molecular weight excluding hydrogens is 324 g/mol. The van der Waals surface area contributed by atoms with Gasteiger partial charge in [0.15, 0.2) is 0 Å². The topological polar surface area (TPSA) is 47.3 Å². The van der Waals surface area contributed by atoms with E-state index in [1.54, 1.807) is 0 Å². The Kier molecular flexibility index (Phi) is 5.62. The molecule has 1 N–H and O–H groups in total. The second kappa shape index (κ2) is 7.92. The average Bonchev–Trinajstić information content (AvgIpc) is 2.95. The van der Waals surface area contributed by atoms with Crippen LogP contribution in [0.5, 0.6) is 5.75 Å². The number of fused-ring (bicyclic) bond motifs is 1. The molecule has 3 rings (SSSR count). The van der Waals surface area contributed by atoms with Gasteiger partial charge < -0.3 is 14.4 Å². The molecule has 0 aliphatic carbocycles. The first-order chi connectivity index (χ1) is 12.5. The minimum absolute atomic E-state index is 0.0358. The fourth-order valence-corrected chi connectivity index (χ4v) is 3.17. The number of unbranched alkanes of at least 4 members (excludes halogenated alkanes) is 1. The molecule has 0 saturated carbocycles. The molecule has 3 aromatic rings. The monoisotopic (exact) mass is 352 g/mol. The van der Waals surface area contributed by atoms with E-state index in [4.69, 9.17) is 4.74 Å². The van der Waals surface area contributed by atoms with Gasteiger partial charge in [-0.05, 0) is 87.1 Å². The third-order valence-electron chi connectivity index (χ3n) is 5.11. The molecule has 0 saturated heterocycles. The molecule has 0 bridgehead atoms. The number of hydrogen-bond donors (Lipinski definition) is 1. The molecule has 2 aromatic carbocycles. The standard InChI is InChI=1S/C22H28N2O2/c1-15-7-8-19(11-16(15)2)26-10-6-5-9-24-21-13-18(4)17(3)12-20(21)23-22(24)14-25/h7-8,11-13,25H,5-6,9-10,14H2,1-4H3. The Bertz CT molecular complexity index is 912. The van der Waals surface area contributed by atoms with Crippen molar-refractivity contribution in [1.82, 2.24) is 9.55 Å². The third kappa shape index (κ3) is 3.91. The Hall–Kier alpha value is -2.33. The van der Waals surface area contributed by atoms with E-state index in [2.05, 4.69) is 61.5 Å². The number of aliphatic hydroxyl groups is 1. The maximum Gasteiger partial charge on any atom is 0.135 e. The molecule has 1 heterocycles. The van der Waals surface area contributed by atoms with E-state index in [1.165, 1.54) is 22.3 Å². The Morgan fingerprint density at radius 3 is 2.38 bits per heavy atom. The SMILES string of the molecule is Cc1ccc(OCCCCn2c(CO)nc3cc(C)c(C)cc32)cc1C. The van der Waals surface area contributed by atoms with Crippen molar-refractivity contribution in [2.45, 2.75) is 53.7 Å². The van der Waals surface area contributed by atoms with Crippen molar-refractivity contribution in [2.24, 2.45) is 0 Å². The molecule has 138 valence electrons. The van der Waals surface area contributed by atoms with Crippen LogP contribution in [0.1, 0.15) is 40.9 Å². The van der Waals surface area contributed by atoms with Crippen LogP contribution in [-0.4, -0.2) is 21.3 Å². The van der Waals surface area contributed by atoms with Gasteiger partial charge in [0.1, 0.15) is 18.2 Å². The summed E-state index contributed by atoms with van der Waals surface area (Å²) in [7, 11) is 0. The van der Waals surface area contributed by atoms with Gasteiger partial charge >= 0.3 is 0 Å². The highest BCUT2D eigenvalue weighted by molar-refractivity contribution is 5.78. The second-order valence-electron chi connectivity index (χ2n) is 7.06. The highest BCUT2D eigenvalue weighted by atomic mass is 16.5. The van der Waals surface area contributed by atoms with Crippen molar-refractivity contribution in [3.05, 3.63) is 58.4 Å². The van der Waals surface area contributed by atoms with Gasteiger partial charge in [-0.1, -0.05) is 6.07 Å². The summed E-state index contributed by atoms with van der Waals surface area (Å²) in [4.78, 5) is 4.58. The van der Waals surface area contributed by atoms with Gasteiger partial charge in [-0.2, -0.15) is 0 Å². The summed E-state index contributed by atoms with van der Waals surface area (Å²) in [6, 6.07) is 10.5. The smallest absolute Gasteiger partial charge is 0.135 e. The lowest BCUT2D eigenvalue weighted by molar-refractivity contribution is 0.263. The molecule has 0 radical (unpaired) electrons. The van der Waals surface area contributed by atoms with Crippen molar-refractivity contribution in [1.29, 1.82) is 0 Å². The first kappa shape index (κ1) is 18.5. The average molecular weight is 352 g/mol. The van der Waals surface area contributed by atoms with Crippen LogP contribution in [0, 0.1) is 27.7 Å². The number of ether oxygens (including phenoxy) is 1. The summed E-state index contributed by atoms with van der Waals surface area (Å²) < 4.78 is 8.00. The summed E-state index contributed by atoms with van der Waals surface area (Å²) in [5, 5.41) is 9.65. The highest BCUT2D eigenvalue weighted by Gasteiger charge is 2.11. The lowest BCUT2D eigenvalue weighted by Crippen LogP contribution is -2.06. The lowest BCUT2D eigenvalue weighted by atomic mass is 10.1. The van der Waals surface area contributed by atoms with E-state index in [0.717, 1.165) is 42.0 Å². The van der Waals surface area contributed by atoms with Crippen LogP contribution < -0.4 is 4.74 Å². The second-order valence-corrected chi connectivity index (χ2v) is 7.06. The quantitative estimate of drug-likeness (QED) is 0.631. The van der Waals surface area contributed by atoms with Crippen molar-refractivity contribution >= 4 is 11.0 Å². The molecule has 0 amide bonds. The summed E-state index contributed by atoms with van der Waals surface area (Å²) >= 11 is 0. The van der Waals surface area contributed by atoms with E-state index < -0.39 is 0 Å². The van der Waals surface area contributed by atoms with Gasteiger partial charge in [0.2, 0.25) is 0 Å². The van der Waals surface area contributed by atoms with Crippen LogP contribution in [0.2, 0.25) is 0 Å². The predicted octanol–water partition coefficient (Wildman–Crippen LogP) is 4.62. The van der Waals surface area contributed by atoms with E-state index in [-0.39, 0.29) is 6.61 Å². The van der Waals surface area contributed by atoms with Crippen LogP contribution in [0.4, 0.5) is 0 Å². The Labute approximate surface area is 155 Å². The number of benzene rings is 2. The number of hydrogen-bond acceptors (Lipinski definition) is 3. The lowest BCUT2D eigenvalue weighted by Gasteiger charge is -2.10. The minimum Gasteiger partial charge on any atom is -0.494 e. The van der Waals surface area contributed by atoms with E-state index in [9.17, 15) is 5.11 Å². The molecule has 0 unspecified atom stereocenters. The molecule has 0 atom stereocenters. The molecular formula is C22H28N2O2. The minimum atomic E-state index is -0.0358. The van der Waals surface area contributed by atoms with Gasteiger partial charge in [-0.25, -0.2) is 4.98 Å². The van der Waals surface area contributed by atoms with Crippen molar-refractivity contribution in [2.75, 3.05) is 6.61 Å². The Morgan fingerprint density at radius 1 is 0.923 bits per heavy atom. The number of aromatic nitrogens is 2. The van der Waals surface area contributed by atoms with Gasteiger partial charge in [-0.15, -0.1) is 0 Å². The summed E-state index contributed by atoms with van der Waals surface area (Å²) in [6.07, 6.45) is 1.94. The fraction of sp³-hybridized carbons (Fsp3) is 0.409. The predicted molar refractivity (Wildman–Crippen MR) is 106 cm³/mol. The van der Waals surface area contributed by atoms with E-state index >= 15 is 0 Å². The fourth-order valence-electron chi connectivity index (χ4n) is 3.17. The number of rotatable bonds is 7. The molecule has 0 fully saturated rings. The van der Waals surface area contributed by atoms with E-state index in [1.807, 2.05) is 6.07 Å². The van der Waals surface area contributed by atoms with E-state index in [0.29, 0.717) is 6.61 Å². The molecule has 0 spiro atoms. The maximum atomic E-state index is 9.65. The van der Waals surface area contributed by atoms with Gasteiger partial charge in [0.25, 0.3) is 0 Å². The zero-order valence-electron chi connectivity index (χ0n) is 16.2. The molecule has 4 heteroatoms. The number of imidazole rings is 1. The summed E-state index contributed by atoms with van der Waals surface area (Å²) in [5.74, 6) is 1.67. The van der Waals surface area contributed by atoms with Crippen LogP contribution >= 0.6 is 0 Å². The molecule has 26 heavy (non-hydrogen) atoms. The highest BCUT2D eigenvalue weighted by Crippen LogP contribution is 2.22. The summed E-state index contributed by atoms with van der Waals surface area (Å²) in [6.45, 7) is 9.92. The molecule has 4 nitrogen and oxygen atoms in total.